The highest BCUT2D eigenvalue weighted by Gasteiger charge is 2.15. The van der Waals surface area contributed by atoms with Crippen molar-refractivity contribution in [3.05, 3.63) is 89.6 Å². The van der Waals surface area contributed by atoms with Gasteiger partial charge >= 0.3 is 0 Å². The number of anilines is 2. The number of benzene rings is 2. The minimum absolute atomic E-state index is 0.194. The zero-order chi connectivity index (χ0) is 28.0. The molecule has 208 valence electrons. The summed E-state index contributed by atoms with van der Waals surface area (Å²) in [6.07, 6.45) is 4.75. The smallest absolute Gasteiger partial charge is 0.264 e. The van der Waals surface area contributed by atoms with Crippen LogP contribution in [0.1, 0.15) is 0 Å². The molecule has 0 atom stereocenters. The van der Waals surface area contributed by atoms with Gasteiger partial charge in [-0.2, -0.15) is 0 Å². The summed E-state index contributed by atoms with van der Waals surface area (Å²) in [5.41, 5.74) is 2.15. The zero-order valence-electron chi connectivity index (χ0n) is 22.3. The monoisotopic (exact) mass is 553 g/mol. The van der Waals surface area contributed by atoms with Crippen molar-refractivity contribution in [3.8, 4) is 34.3 Å². The minimum atomic E-state index is -0.224. The number of ether oxygens (including phenoxy) is 5. The van der Waals surface area contributed by atoms with Crippen LogP contribution in [0.5, 0.6) is 23.0 Å². The molecule has 0 fully saturated rings. The van der Waals surface area contributed by atoms with Crippen molar-refractivity contribution in [2.45, 2.75) is 0 Å². The lowest BCUT2D eigenvalue weighted by Gasteiger charge is -2.15. The molecule has 11 heteroatoms. The van der Waals surface area contributed by atoms with Gasteiger partial charge in [0, 0.05) is 36.6 Å². The first-order valence-electron chi connectivity index (χ1n) is 13.0. The summed E-state index contributed by atoms with van der Waals surface area (Å²) in [7, 11) is 1.67. The molecule has 1 aliphatic rings. The molecule has 0 aliphatic carbocycles. The molecule has 4 heterocycles. The molecule has 5 aromatic rings. The summed E-state index contributed by atoms with van der Waals surface area (Å²) in [6.45, 7) is 1.67. The predicted molar refractivity (Wildman–Crippen MR) is 152 cm³/mol. The Kier molecular flexibility index (Phi) is 7.70. The molecule has 41 heavy (non-hydrogen) atoms. The summed E-state index contributed by atoms with van der Waals surface area (Å²) in [5, 5.41) is 3.90. The fraction of sp³-hybridized carbons (Fsp3) is 0.200. The molecule has 0 spiro atoms. The summed E-state index contributed by atoms with van der Waals surface area (Å²) in [5.74, 6) is 2.62. The van der Waals surface area contributed by atoms with Crippen LogP contribution in [0.15, 0.2) is 84.0 Å². The molecule has 0 saturated carbocycles. The lowest BCUT2D eigenvalue weighted by molar-refractivity contribution is -0.0637. The highest BCUT2D eigenvalue weighted by molar-refractivity contribution is 5.88. The molecule has 6 rings (SSSR count). The SMILES string of the molecule is Cn1c(Nc2ccccc2)ncc(-c2ccc(Oc3ccnc4cc5c(cc34)OCCOCOCCO5)cn2)c1=O. The maximum atomic E-state index is 13.1. The van der Waals surface area contributed by atoms with E-state index < -0.39 is 0 Å². The van der Waals surface area contributed by atoms with Gasteiger partial charge < -0.3 is 29.0 Å². The molecule has 0 bridgehead atoms. The van der Waals surface area contributed by atoms with E-state index in [1.165, 1.54) is 10.8 Å². The molecule has 0 saturated heterocycles. The number of hydrogen-bond donors (Lipinski definition) is 1. The Morgan fingerprint density at radius 1 is 0.854 bits per heavy atom. The maximum Gasteiger partial charge on any atom is 0.264 e. The summed E-state index contributed by atoms with van der Waals surface area (Å²) in [4.78, 5) is 26.5. The molecule has 2 aromatic carbocycles. The lowest BCUT2D eigenvalue weighted by atomic mass is 10.1. The number of nitrogens with one attached hydrogen (secondary N) is 1. The largest absolute Gasteiger partial charge is 0.487 e. The van der Waals surface area contributed by atoms with Gasteiger partial charge in [-0.15, -0.1) is 0 Å². The molecule has 0 amide bonds. The average Bonchev–Trinajstić information content (AvgIpc) is 3.05. The van der Waals surface area contributed by atoms with Gasteiger partial charge in [0.05, 0.1) is 36.2 Å². The zero-order valence-corrected chi connectivity index (χ0v) is 22.3. The molecule has 0 unspecified atom stereocenters. The van der Waals surface area contributed by atoms with Crippen molar-refractivity contribution in [2.24, 2.45) is 7.05 Å². The van der Waals surface area contributed by atoms with Crippen molar-refractivity contribution in [1.29, 1.82) is 0 Å². The number of hydrogen-bond acceptors (Lipinski definition) is 10. The van der Waals surface area contributed by atoms with E-state index in [9.17, 15) is 4.79 Å². The van der Waals surface area contributed by atoms with Crippen molar-refractivity contribution in [3.63, 3.8) is 0 Å². The number of fused-ring (bicyclic) bond motifs is 2. The van der Waals surface area contributed by atoms with Crippen LogP contribution in [-0.4, -0.2) is 52.7 Å². The second kappa shape index (κ2) is 12.0. The lowest BCUT2D eigenvalue weighted by Crippen LogP contribution is -2.22. The van der Waals surface area contributed by atoms with Gasteiger partial charge in [0.15, 0.2) is 11.5 Å². The van der Waals surface area contributed by atoms with Crippen molar-refractivity contribution in [1.82, 2.24) is 19.5 Å². The highest BCUT2D eigenvalue weighted by Crippen LogP contribution is 2.37. The molecule has 0 radical (unpaired) electrons. The summed E-state index contributed by atoms with van der Waals surface area (Å²) < 4.78 is 30.2. The number of para-hydroxylation sites is 1. The van der Waals surface area contributed by atoms with Crippen LogP contribution in [-0.2, 0) is 16.5 Å². The number of pyridine rings is 2. The number of rotatable bonds is 5. The van der Waals surface area contributed by atoms with E-state index in [-0.39, 0.29) is 12.4 Å². The maximum absolute atomic E-state index is 13.1. The number of aromatic nitrogens is 4. The van der Waals surface area contributed by atoms with Gasteiger partial charge in [0.1, 0.15) is 31.5 Å². The topological polar surface area (TPSA) is 119 Å². The molecule has 1 N–H and O–H groups in total. The molecule has 3 aromatic heterocycles. The van der Waals surface area contributed by atoms with Crippen LogP contribution in [0, 0.1) is 0 Å². The van der Waals surface area contributed by atoms with E-state index in [1.54, 1.807) is 37.6 Å². The average molecular weight is 554 g/mol. The van der Waals surface area contributed by atoms with Crippen molar-refractivity contribution in [2.75, 3.05) is 38.5 Å². The van der Waals surface area contributed by atoms with Gasteiger partial charge in [-0.05, 0) is 36.4 Å². The van der Waals surface area contributed by atoms with Crippen molar-refractivity contribution >= 4 is 22.5 Å². The second-order valence-corrected chi connectivity index (χ2v) is 9.09. The normalized spacial score (nSPS) is 13.8. The van der Waals surface area contributed by atoms with Crippen LogP contribution in [0.4, 0.5) is 11.6 Å². The molecule has 1 aliphatic heterocycles. The van der Waals surface area contributed by atoms with E-state index >= 15 is 0 Å². The van der Waals surface area contributed by atoms with E-state index in [1.807, 2.05) is 42.5 Å². The summed E-state index contributed by atoms with van der Waals surface area (Å²) in [6, 6.07) is 18.4. The van der Waals surface area contributed by atoms with Crippen LogP contribution in [0.25, 0.3) is 22.2 Å². The Hall–Kier alpha value is -5.00. The third-order valence-electron chi connectivity index (χ3n) is 6.34. The van der Waals surface area contributed by atoms with Gasteiger partial charge in [-0.1, -0.05) is 18.2 Å². The highest BCUT2D eigenvalue weighted by atomic mass is 16.7. The quantitative estimate of drug-likeness (QED) is 0.328. The Bertz CT molecular complexity index is 1710. The fourth-order valence-corrected chi connectivity index (χ4v) is 4.25. The third-order valence-corrected chi connectivity index (χ3v) is 6.34. The van der Waals surface area contributed by atoms with Crippen LogP contribution < -0.4 is 25.1 Å². The summed E-state index contributed by atoms with van der Waals surface area (Å²) >= 11 is 0. The second-order valence-electron chi connectivity index (χ2n) is 9.09. The van der Waals surface area contributed by atoms with Gasteiger partial charge in [-0.3, -0.25) is 19.3 Å². The van der Waals surface area contributed by atoms with Crippen LogP contribution in [0.2, 0.25) is 0 Å². The van der Waals surface area contributed by atoms with Crippen molar-refractivity contribution < 1.29 is 23.7 Å². The van der Waals surface area contributed by atoms with Gasteiger partial charge in [0.2, 0.25) is 5.95 Å². The first kappa shape index (κ1) is 26.2. The minimum Gasteiger partial charge on any atom is -0.487 e. The Morgan fingerprint density at radius 3 is 2.39 bits per heavy atom. The van der Waals surface area contributed by atoms with E-state index in [2.05, 4.69) is 20.3 Å². The van der Waals surface area contributed by atoms with Gasteiger partial charge in [-0.25, -0.2) is 4.98 Å². The molecule has 11 nitrogen and oxygen atoms in total. The number of nitrogens with zero attached hydrogens (tertiary/aromatic N) is 4. The van der Waals surface area contributed by atoms with Gasteiger partial charge in [0.25, 0.3) is 5.56 Å². The Balaban J connectivity index is 1.23. The fourth-order valence-electron chi connectivity index (χ4n) is 4.25. The van der Waals surface area contributed by atoms with Crippen LogP contribution in [0.3, 0.4) is 0 Å². The first-order chi connectivity index (χ1) is 20.2. The third kappa shape index (κ3) is 5.96. The molecular formula is C30H27N5O6. The molecular weight excluding hydrogens is 526 g/mol. The van der Waals surface area contributed by atoms with E-state index in [4.69, 9.17) is 23.7 Å². The van der Waals surface area contributed by atoms with Crippen LogP contribution >= 0.6 is 0 Å². The first-order valence-corrected chi connectivity index (χ1v) is 13.0. The predicted octanol–water partition coefficient (Wildman–Crippen LogP) is 4.69. The van der Waals surface area contributed by atoms with E-state index in [0.29, 0.717) is 72.1 Å². The standard InChI is InChI=1S/C30H27N5O6/c1-35-29(36)23(18-33-30(35)34-20-5-3-2-4-6-20)24-8-7-21(17-32-24)41-26-9-10-31-25-16-28-27(15-22(25)26)39-13-11-37-19-38-12-14-40-28/h2-10,15-18H,11-14,19H2,1H3,(H,33,34). The Morgan fingerprint density at radius 2 is 1.63 bits per heavy atom. The van der Waals surface area contributed by atoms with E-state index in [0.717, 1.165) is 11.1 Å². The Labute approximate surface area is 235 Å².